The molecule has 0 spiro atoms. The Bertz CT molecular complexity index is 1070. The molecule has 0 bridgehead atoms. The van der Waals surface area contributed by atoms with Crippen LogP contribution in [0.1, 0.15) is 22.7 Å². The molecule has 2 fully saturated rings. The first kappa shape index (κ1) is 21.2. The van der Waals surface area contributed by atoms with E-state index in [0.29, 0.717) is 13.2 Å². The second-order valence-electron chi connectivity index (χ2n) is 8.21. The number of nitrogens with zero attached hydrogens (tertiary/aromatic N) is 6. The van der Waals surface area contributed by atoms with Gasteiger partial charge in [0.25, 0.3) is 0 Å². The van der Waals surface area contributed by atoms with E-state index in [1.165, 1.54) is 4.88 Å². The second kappa shape index (κ2) is 9.48. The van der Waals surface area contributed by atoms with Crippen molar-refractivity contribution in [2.45, 2.75) is 12.3 Å². The molecule has 0 aliphatic carbocycles. The lowest BCUT2D eigenvalue weighted by Gasteiger charge is -2.45. The van der Waals surface area contributed by atoms with Gasteiger partial charge in [0.05, 0.1) is 41.7 Å². The van der Waals surface area contributed by atoms with Gasteiger partial charge in [-0.15, -0.1) is 11.3 Å². The number of aromatic hydroxyl groups is 1. The van der Waals surface area contributed by atoms with Gasteiger partial charge in [0.15, 0.2) is 0 Å². The van der Waals surface area contributed by atoms with Crippen molar-refractivity contribution in [3.05, 3.63) is 53.3 Å². The van der Waals surface area contributed by atoms with Gasteiger partial charge >= 0.3 is 0 Å². The third-order valence-electron chi connectivity index (χ3n) is 6.20. The summed E-state index contributed by atoms with van der Waals surface area (Å²) in [6, 6.07) is 11.8. The summed E-state index contributed by atoms with van der Waals surface area (Å²) in [6.07, 6.45) is 3.50. The second-order valence-corrected chi connectivity index (χ2v) is 9.33. The zero-order valence-corrected chi connectivity index (χ0v) is 18.6. The molecule has 2 atom stereocenters. The maximum atomic E-state index is 9.93. The number of morpholine rings is 1. The Morgan fingerprint density at radius 2 is 2.06 bits per heavy atom. The van der Waals surface area contributed by atoms with E-state index in [-0.39, 0.29) is 18.0 Å². The van der Waals surface area contributed by atoms with Gasteiger partial charge in [-0.2, -0.15) is 5.26 Å². The average molecular weight is 451 g/mol. The Labute approximate surface area is 191 Å². The molecule has 0 amide bonds. The molecular formula is C23H26N6O2S. The predicted molar refractivity (Wildman–Crippen MR) is 122 cm³/mol. The van der Waals surface area contributed by atoms with Crippen LogP contribution in [-0.2, 0) is 4.74 Å². The number of phenolic OH excluding ortho intramolecular Hbond substituents is 1. The predicted octanol–water partition coefficient (Wildman–Crippen LogP) is 2.61. The van der Waals surface area contributed by atoms with Crippen LogP contribution in [0.15, 0.2) is 42.9 Å². The van der Waals surface area contributed by atoms with Crippen LogP contribution in [0.25, 0.3) is 10.2 Å². The minimum Gasteiger partial charge on any atom is -0.508 e. The number of phenols is 1. The van der Waals surface area contributed by atoms with E-state index in [0.717, 1.165) is 55.0 Å². The third-order valence-corrected chi connectivity index (χ3v) is 7.30. The van der Waals surface area contributed by atoms with Crippen molar-refractivity contribution >= 4 is 21.6 Å². The van der Waals surface area contributed by atoms with Crippen molar-refractivity contribution in [1.82, 2.24) is 24.7 Å². The highest BCUT2D eigenvalue weighted by Gasteiger charge is 2.34. The molecule has 0 radical (unpaired) electrons. The number of aromatic nitrogens is 2. The summed E-state index contributed by atoms with van der Waals surface area (Å²) in [5, 5.41) is 19.0. The van der Waals surface area contributed by atoms with E-state index < -0.39 is 0 Å². The summed E-state index contributed by atoms with van der Waals surface area (Å²) < 4.78 is 7.19. The normalized spacial score (nSPS) is 22.0. The fourth-order valence-electron chi connectivity index (χ4n) is 4.61. The van der Waals surface area contributed by atoms with Crippen LogP contribution >= 0.6 is 11.3 Å². The molecule has 4 heterocycles. The quantitative estimate of drug-likeness (QED) is 0.594. The number of piperazine rings is 1. The van der Waals surface area contributed by atoms with Crippen molar-refractivity contribution in [2.75, 3.05) is 52.4 Å². The first-order valence-corrected chi connectivity index (χ1v) is 11.7. The zero-order valence-electron chi connectivity index (χ0n) is 17.8. The Kier molecular flexibility index (Phi) is 6.30. The number of nitriles is 1. The molecule has 1 N–H and O–H groups in total. The van der Waals surface area contributed by atoms with Crippen LogP contribution in [-0.4, -0.2) is 82.2 Å². The van der Waals surface area contributed by atoms with Gasteiger partial charge in [-0.3, -0.25) is 14.7 Å². The maximum absolute atomic E-state index is 9.93. The van der Waals surface area contributed by atoms with Gasteiger partial charge in [0.2, 0.25) is 0 Å². The molecule has 32 heavy (non-hydrogen) atoms. The van der Waals surface area contributed by atoms with Crippen molar-refractivity contribution < 1.29 is 9.84 Å². The van der Waals surface area contributed by atoms with E-state index in [2.05, 4.69) is 36.8 Å². The number of ether oxygens (including phenoxy) is 1. The SMILES string of the molecule is N#CCN1CCN(C(c2cc3ncncc3s2)N2CCOC(c3cccc(O)c3)C2)CC1. The lowest BCUT2D eigenvalue weighted by molar-refractivity contribution is -0.0837. The van der Waals surface area contributed by atoms with E-state index in [9.17, 15) is 5.11 Å². The lowest BCUT2D eigenvalue weighted by Crippen LogP contribution is -2.53. The van der Waals surface area contributed by atoms with Crippen LogP contribution in [0.2, 0.25) is 0 Å². The highest BCUT2D eigenvalue weighted by atomic mass is 32.1. The number of hydrogen-bond acceptors (Lipinski definition) is 9. The number of fused-ring (bicyclic) bond motifs is 1. The topological polar surface area (TPSA) is 88.8 Å². The van der Waals surface area contributed by atoms with Gasteiger partial charge in [0.1, 0.15) is 12.1 Å². The minimum absolute atomic E-state index is 0.0904. The molecule has 0 saturated carbocycles. The van der Waals surface area contributed by atoms with Crippen LogP contribution in [0.5, 0.6) is 5.75 Å². The average Bonchev–Trinajstić information content (AvgIpc) is 3.24. The van der Waals surface area contributed by atoms with E-state index in [4.69, 9.17) is 10.00 Å². The van der Waals surface area contributed by atoms with E-state index >= 15 is 0 Å². The summed E-state index contributed by atoms with van der Waals surface area (Å²) in [4.78, 5) is 17.1. The fourth-order valence-corrected chi connectivity index (χ4v) is 5.76. The van der Waals surface area contributed by atoms with Gasteiger partial charge in [-0.05, 0) is 23.8 Å². The Balaban J connectivity index is 1.43. The highest BCUT2D eigenvalue weighted by Crippen LogP contribution is 2.37. The number of hydrogen-bond donors (Lipinski definition) is 1. The largest absolute Gasteiger partial charge is 0.508 e. The summed E-state index contributed by atoms with van der Waals surface area (Å²) in [6.45, 7) is 6.26. The van der Waals surface area contributed by atoms with Gasteiger partial charge in [-0.1, -0.05) is 12.1 Å². The molecule has 5 rings (SSSR count). The monoisotopic (exact) mass is 450 g/mol. The molecule has 8 nitrogen and oxygen atoms in total. The molecule has 1 aromatic carbocycles. The van der Waals surface area contributed by atoms with Crippen LogP contribution < -0.4 is 0 Å². The zero-order chi connectivity index (χ0) is 21.9. The van der Waals surface area contributed by atoms with Crippen molar-refractivity contribution in [3.63, 3.8) is 0 Å². The van der Waals surface area contributed by atoms with Gasteiger partial charge in [0, 0.05) is 50.3 Å². The lowest BCUT2D eigenvalue weighted by atomic mass is 10.1. The van der Waals surface area contributed by atoms with Crippen LogP contribution in [0, 0.1) is 11.3 Å². The molecular weight excluding hydrogens is 424 g/mol. The number of rotatable bonds is 5. The highest BCUT2D eigenvalue weighted by molar-refractivity contribution is 7.19. The molecule has 9 heteroatoms. The molecule has 3 aromatic rings. The van der Waals surface area contributed by atoms with Crippen molar-refractivity contribution in [3.8, 4) is 11.8 Å². The Morgan fingerprint density at radius 1 is 1.19 bits per heavy atom. The molecule has 2 saturated heterocycles. The molecule has 2 aliphatic rings. The van der Waals surface area contributed by atoms with Crippen molar-refractivity contribution in [1.29, 1.82) is 5.26 Å². The van der Waals surface area contributed by atoms with Gasteiger partial charge < -0.3 is 9.84 Å². The minimum atomic E-state index is -0.0904. The Morgan fingerprint density at radius 3 is 2.84 bits per heavy atom. The Hall–Kier alpha value is -2.61. The van der Waals surface area contributed by atoms with Crippen molar-refractivity contribution in [2.24, 2.45) is 0 Å². The molecule has 2 aliphatic heterocycles. The summed E-state index contributed by atoms with van der Waals surface area (Å²) >= 11 is 1.75. The molecule has 2 unspecified atom stereocenters. The summed E-state index contributed by atoms with van der Waals surface area (Å²) in [5.41, 5.74) is 1.97. The molecule has 2 aromatic heterocycles. The number of benzene rings is 1. The maximum Gasteiger partial charge on any atom is 0.116 e. The standard InChI is InChI=1S/C23H26N6O2S/c24-4-5-27-6-8-28(9-7-27)23(21-13-19-22(32-21)14-25-16-26-19)29-10-11-31-20(15-29)17-2-1-3-18(30)12-17/h1-3,12-14,16,20,23,30H,5-11,15H2. The molecule has 166 valence electrons. The van der Waals surface area contributed by atoms with E-state index in [1.807, 2.05) is 18.3 Å². The fraction of sp³-hybridized carbons (Fsp3) is 0.435. The summed E-state index contributed by atoms with van der Waals surface area (Å²) in [7, 11) is 0. The number of thiophene rings is 1. The summed E-state index contributed by atoms with van der Waals surface area (Å²) in [5.74, 6) is 0.261. The van der Waals surface area contributed by atoms with Crippen LogP contribution in [0.4, 0.5) is 0 Å². The van der Waals surface area contributed by atoms with E-state index in [1.54, 1.807) is 29.8 Å². The van der Waals surface area contributed by atoms with Crippen LogP contribution in [0.3, 0.4) is 0 Å². The first-order valence-electron chi connectivity index (χ1n) is 10.9. The smallest absolute Gasteiger partial charge is 0.116 e. The third kappa shape index (κ3) is 4.46. The van der Waals surface area contributed by atoms with Gasteiger partial charge in [-0.25, -0.2) is 9.97 Å². The first-order chi connectivity index (χ1) is 15.7.